The lowest BCUT2D eigenvalue weighted by molar-refractivity contribution is -0.161. The van der Waals surface area contributed by atoms with Gasteiger partial charge in [0, 0.05) is 12.8 Å². The average Bonchev–Trinajstić information content (AvgIpc) is 3.03. The summed E-state index contributed by atoms with van der Waals surface area (Å²) >= 11 is 0. The van der Waals surface area contributed by atoms with Crippen LogP contribution in [0.15, 0.2) is 36.5 Å². The molecule has 0 radical (unpaired) electrons. The van der Waals surface area contributed by atoms with E-state index in [-0.39, 0.29) is 19.4 Å². The second-order valence-electron chi connectivity index (χ2n) is 12.5. The number of ether oxygens (including phenoxy) is 2. The lowest BCUT2D eigenvalue weighted by Gasteiger charge is -2.18. The molecular weight excluding hydrogens is 615 g/mol. The lowest BCUT2D eigenvalue weighted by atomic mass is 10.1. The molecule has 0 aliphatic heterocycles. The number of hydrogen-bond donors (Lipinski definition) is 2. The summed E-state index contributed by atoms with van der Waals surface area (Å²) in [5.41, 5.74) is 0. The van der Waals surface area contributed by atoms with Gasteiger partial charge in [0.25, 0.3) is 0 Å². The second-order valence-corrected chi connectivity index (χ2v) is 13.8. The van der Waals surface area contributed by atoms with E-state index >= 15 is 0 Å². The summed E-state index contributed by atoms with van der Waals surface area (Å²) in [6, 6.07) is 0. The summed E-state index contributed by atoms with van der Waals surface area (Å²) in [6.45, 7) is 3.61. The topological polar surface area (TPSA) is 119 Å². The molecule has 2 N–H and O–H groups in total. The van der Waals surface area contributed by atoms with E-state index in [2.05, 4.69) is 54.8 Å². The predicted molar refractivity (Wildman–Crippen MR) is 193 cm³/mol. The Morgan fingerprint density at radius 1 is 0.553 bits per heavy atom. The number of carbonyl (C=O) groups excluding carboxylic acids is 2. The summed E-state index contributed by atoms with van der Waals surface area (Å²) in [7, 11) is -4.75. The van der Waals surface area contributed by atoms with Gasteiger partial charge in [0.05, 0.1) is 6.61 Å². The molecule has 0 saturated carbocycles. The first kappa shape index (κ1) is 45.3. The number of carbonyl (C=O) groups is 2. The summed E-state index contributed by atoms with van der Waals surface area (Å²) < 4.78 is 26.3. The van der Waals surface area contributed by atoms with Crippen LogP contribution < -0.4 is 0 Å². The Kier molecular flexibility index (Phi) is 32.9. The van der Waals surface area contributed by atoms with Crippen molar-refractivity contribution in [3.8, 4) is 0 Å². The third kappa shape index (κ3) is 36.9. The highest BCUT2D eigenvalue weighted by Crippen LogP contribution is 2.36. The first-order valence-electron chi connectivity index (χ1n) is 18.8. The highest BCUT2D eigenvalue weighted by Gasteiger charge is 2.22. The Morgan fingerprint density at radius 2 is 0.979 bits per heavy atom. The molecule has 0 aromatic carbocycles. The fraction of sp³-hybridized carbons (Fsp3) is 0.789. The Balaban J connectivity index is 4.01. The summed E-state index contributed by atoms with van der Waals surface area (Å²) in [5, 5.41) is 0. The van der Waals surface area contributed by atoms with Crippen molar-refractivity contribution >= 4 is 19.8 Å². The van der Waals surface area contributed by atoms with Crippen LogP contribution in [0.5, 0.6) is 0 Å². The quantitative estimate of drug-likeness (QED) is 0.0297. The Hall–Kier alpha value is -1.73. The zero-order valence-corrected chi connectivity index (χ0v) is 30.8. The first-order valence-corrected chi connectivity index (χ1v) is 20.3. The molecular formula is C38H69O8P. The number of allylic oxidation sites excluding steroid dienone is 6. The fourth-order valence-electron chi connectivity index (χ4n) is 5.03. The Morgan fingerprint density at radius 3 is 1.49 bits per heavy atom. The normalized spacial score (nSPS) is 12.9. The van der Waals surface area contributed by atoms with Crippen LogP contribution in [0.2, 0.25) is 0 Å². The smallest absolute Gasteiger partial charge is 0.462 e. The van der Waals surface area contributed by atoms with E-state index in [1.54, 1.807) is 0 Å². The predicted octanol–water partition coefficient (Wildman–Crippen LogP) is 11.0. The molecule has 8 nitrogen and oxygen atoms in total. The standard InChI is InChI=1S/C38H69O8P/c1-3-5-7-9-11-13-15-17-19-21-23-25-27-29-31-33-38(40)46-36(35-45-47(41,42)43)34-44-37(39)32-30-28-26-24-22-20-18-16-14-12-10-8-6-4-2/h10,12,16-19,36H,3-9,11,13-15,20-35H2,1-2H3,(H2,41,42,43)/b12-10-,18-16-,19-17-/t36-/m1/s1. The maximum Gasteiger partial charge on any atom is 0.469 e. The van der Waals surface area contributed by atoms with Crippen LogP contribution in [0, 0.1) is 0 Å². The molecule has 0 unspecified atom stereocenters. The molecule has 0 aliphatic carbocycles. The van der Waals surface area contributed by atoms with Gasteiger partial charge in [0.2, 0.25) is 0 Å². The maximum absolute atomic E-state index is 12.3. The minimum Gasteiger partial charge on any atom is -0.462 e. The zero-order valence-electron chi connectivity index (χ0n) is 29.9. The van der Waals surface area contributed by atoms with E-state index in [0.29, 0.717) is 12.8 Å². The molecule has 0 saturated heterocycles. The molecule has 9 heteroatoms. The molecule has 274 valence electrons. The van der Waals surface area contributed by atoms with Crippen LogP contribution in [0.4, 0.5) is 0 Å². The molecule has 0 heterocycles. The maximum atomic E-state index is 12.3. The monoisotopic (exact) mass is 684 g/mol. The van der Waals surface area contributed by atoms with Crippen molar-refractivity contribution in [2.24, 2.45) is 0 Å². The van der Waals surface area contributed by atoms with Gasteiger partial charge in [-0.05, 0) is 64.2 Å². The summed E-state index contributed by atoms with van der Waals surface area (Å²) in [6.07, 6.45) is 38.6. The zero-order chi connectivity index (χ0) is 34.7. The van der Waals surface area contributed by atoms with Crippen molar-refractivity contribution in [3.63, 3.8) is 0 Å². The van der Waals surface area contributed by atoms with Crippen molar-refractivity contribution < 1.29 is 37.9 Å². The SMILES string of the molecule is CCCC/C=C\C/C=C\CCCCCCCC(=O)OC[C@H](COP(=O)(O)O)OC(=O)CCCCCCC/C=C\CCCCCCCC. The number of esters is 2. The van der Waals surface area contributed by atoms with Crippen LogP contribution in [0.25, 0.3) is 0 Å². The van der Waals surface area contributed by atoms with Gasteiger partial charge in [-0.25, -0.2) is 4.57 Å². The molecule has 0 aromatic rings. The van der Waals surface area contributed by atoms with Crippen molar-refractivity contribution in [3.05, 3.63) is 36.5 Å². The minimum atomic E-state index is -4.75. The third-order valence-electron chi connectivity index (χ3n) is 7.88. The van der Waals surface area contributed by atoms with Gasteiger partial charge in [-0.15, -0.1) is 0 Å². The molecule has 0 fully saturated rings. The molecule has 1 atom stereocenters. The highest BCUT2D eigenvalue weighted by molar-refractivity contribution is 7.46. The van der Waals surface area contributed by atoms with Gasteiger partial charge in [0.15, 0.2) is 6.10 Å². The molecule has 0 aliphatic rings. The lowest BCUT2D eigenvalue weighted by Crippen LogP contribution is -2.29. The molecule has 0 aromatic heterocycles. The van der Waals surface area contributed by atoms with Crippen molar-refractivity contribution in [2.75, 3.05) is 13.2 Å². The molecule has 47 heavy (non-hydrogen) atoms. The molecule has 0 bridgehead atoms. The molecule has 0 rings (SSSR count). The van der Waals surface area contributed by atoms with E-state index in [9.17, 15) is 14.2 Å². The van der Waals surface area contributed by atoms with Gasteiger partial charge in [-0.3, -0.25) is 14.1 Å². The van der Waals surface area contributed by atoms with Gasteiger partial charge in [-0.2, -0.15) is 0 Å². The first-order chi connectivity index (χ1) is 22.8. The molecule has 0 amide bonds. The van der Waals surface area contributed by atoms with Crippen LogP contribution >= 0.6 is 7.82 Å². The third-order valence-corrected chi connectivity index (χ3v) is 8.37. The molecule has 0 spiro atoms. The van der Waals surface area contributed by atoms with Gasteiger partial charge < -0.3 is 19.3 Å². The van der Waals surface area contributed by atoms with E-state index in [4.69, 9.17) is 19.3 Å². The summed E-state index contributed by atoms with van der Waals surface area (Å²) in [5.74, 6) is -0.911. The van der Waals surface area contributed by atoms with Crippen molar-refractivity contribution in [1.29, 1.82) is 0 Å². The summed E-state index contributed by atoms with van der Waals surface area (Å²) in [4.78, 5) is 42.7. The van der Waals surface area contributed by atoms with E-state index in [1.807, 2.05) is 0 Å². The van der Waals surface area contributed by atoms with Crippen LogP contribution in [0.1, 0.15) is 174 Å². The largest absolute Gasteiger partial charge is 0.469 e. The second kappa shape index (κ2) is 34.1. The van der Waals surface area contributed by atoms with E-state index in [0.717, 1.165) is 77.0 Å². The Bertz CT molecular complexity index is 864. The number of unbranched alkanes of at least 4 members (excludes halogenated alkanes) is 18. The van der Waals surface area contributed by atoms with Crippen LogP contribution in [0.3, 0.4) is 0 Å². The highest BCUT2D eigenvalue weighted by atomic mass is 31.2. The average molecular weight is 685 g/mol. The van der Waals surface area contributed by atoms with Crippen molar-refractivity contribution in [1.82, 2.24) is 0 Å². The van der Waals surface area contributed by atoms with Crippen LogP contribution in [-0.4, -0.2) is 41.0 Å². The van der Waals surface area contributed by atoms with Gasteiger partial charge >= 0.3 is 19.8 Å². The minimum absolute atomic E-state index is 0.199. The number of rotatable bonds is 34. The van der Waals surface area contributed by atoms with Crippen molar-refractivity contribution in [2.45, 2.75) is 180 Å². The van der Waals surface area contributed by atoms with E-state index in [1.165, 1.54) is 57.8 Å². The number of hydrogen-bond acceptors (Lipinski definition) is 6. The van der Waals surface area contributed by atoms with Gasteiger partial charge in [-0.1, -0.05) is 134 Å². The van der Waals surface area contributed by atoms with Gasteiger partial charge in [0.1, 0.15) is 6.61 Å². The fourth-order valence-corrected chi connectivity index (χ4v) is 5.39. The number of phosphoric ester groups is 1. The Labute approximate surface area is 287 Å². The van der Waals surface area contributed by atoms with E-state index < -0.39 is 32.5 Å². The van der Waals surface area contributed by atoms with Crippen LogP contribution in [-0.2, 0) is 28.2 Å². The number of phosphoric acid groups is 1.